The third-order valence-electron chi connectivity index (χ3n) is 5.10. The summed E-state index contributed by atoms with van der Waals surface area (Å²) >= 11 is 0. The maximum atomic E-state index is 12.6. The minimum atomic E-state index is -0.435. The summed E-state index contributed by atoms with van der Waals surface area (Å²) in [5, 5.41) is 10.8. The zero-order valence-electron chi connectivity index (χ0n) is 18.5. The lowest BCUT2D eigenvalue weighted by Crippen LogP contribution is -2.24. The SMILES string of the molecule is COc1ccc(CNC(=O)c2nnn(Cc3nc(-c4ccccc4)oc3C)c2N)cc1OC. The highest BCUT2D eigenvalue weighted by atomic mass is 16.5. The predicted molar refractivity (Wildman–Crippen MR) is 121 cm³/mol. The molecule has 0 atom stereocenters. The Morgan fingerprint density at radius 2 is 1.88 bits per heavy atom. The number of aryl methyl sites for hydroxylation is 1. The van der Waals surface area contributed by atoms with Crippen LogP contribution in [0.3, 0.4) is 0 Å². The van der Waals surface area contributed by atoms with Crippen molar-refractivity contribution in [2.75, 3.05) is 20.0 Å². The summed E-state index contributed by atoms with van der Waals surface area (Å²) in [6, 6.07) is 15.0. The lowest BCUT2D eigenvalue weighted by Gasteiger charge is -2.10. The molecule has 4 rings (SSSR count). The molecule has 0 unspecified atom stereocenters. The number of hydrogen-bond acceptors (Lipinski definition) is 8. The van der Waals surface area contributed by atoms with Gasteiger partial charge in [-0.25, -0.2) is 9.67 Å². The molecule has 33 heavy (non-hydrogen) atoms. The van der Waals surface area contributed by atoms with Gasteiger partial charge in [0, 0.05) is 12.1 Å². The van der Waals surface area contributed by atoms with Crippen molar-refractivity contribution in [3.63, 3.8) is 0 Å². The highest BCUT2D eigenvalue weighted by Gasteiger charge is 2.20. The number of nitrogens with one attached hydrogen (secondary N) is 1. The zero-order valence-corrected chi connectivity index (χ0v) is 18.5. The molecular formula is C23H24N6O4. The molecule has 2 aromatic carbocycles. The van der Waals surface area contributed by atoms with E-state index in [4.69, 9.17) is 19.6 Å². The van der Waals surface area contributed by atoms with Gasteiger partial charge in [-0.3, -0.25) is 4.79 Å². The average Bonchev–Trinajstić information content (AvgIpc) is 3.40. The normalized spacial score (nSPS) is 10.8. The van der Waals surface area contributed by atoms with Gasteiger partial charge in [-0.15, -0.1) is 5.10 Å². The van der Waals surface area contributed by atoms with E-state index >= 15 is 0 Å². The minimum absolute atomic E-state index is 0.0416. The van der Waals surface area contributed by atoms with Crippen molar-refractivity contribution in [2.24, 2.45) is 0 Å². The van der Waals surface area contributed by atoms with Crippen LogP contribution in [0.5, 0.6) is 11.5 Å². The maximum absolute atomic E-state index is 12.6. The van der Waals surface area contributed by atoms with Gasteiger partial charge in [0.15, 0.2) is 23.0 Å². The summed E-state index contributed by atoms with van der Waals surface area (Å²) < 4.78 is 17.7. The first-order valence-corrected chi connectivity index (χ1v) is 10.2. The molecule has 10 heteroatoms. The minimum Gasteiger partial charge on any atom is -0.493 e. The Balaban J connectivity index is 1.45. The smallest absolute Gasteiger partial charge is 0.275 e. The van der Waals surface area contributed by atoms with Crippen LogP contribution in [0, 0.1) is 6.92 Å². The molecule has 0 saturated heterocycles. The molecule has 0 aliphatic heterocycles. The van der Waals surface area contributed by atoms with Crippen LogP contribution < -0.4 is 20.5 Å². The number of anilines is 1. The summed E-state index contributed by atoms with van der Waals surface area (Å²) in [7, 11) is 3.12. The summed E-state index contributed by atoms with van der Waals surface area (Å²) in [5.74, 6) is 2.04. The number of benzene rings is 2. The van der Waals surface area contributed by atoms with Crippen LogP contribution in [0.4, 0.5) is 5.82 Å². The van der Waals surface area contributed by atoms with Crippen LogP contribution in [0.1, 0.15) is 27.5 Å². The number of methoxy groups -OCH3 is 2. The zero-order chi connectivity index (χ0) is 23.4. The first-order chi connectivity index (χ1) is 16.0. The monoisotopic (exact) mass is 448 g/mol. The van der Waals surface area contributed by atoms with Crippen molar-refractivity contribution >= 4 is 11.7 Å². The van der Waals surface area contributed by atoms with Gasteiger partial charge in [0.1, 0.15) is 11.5 Å². The third kappa shape index (κ3) is 4.64. The highest BCUT2D eigenvalue weighted by Crippen LogP contribution is 2.27. The van der Waals surface area contributed by atoms with Gasteiger partial charge in [0.05, 0.1) is 20.8 Å². The fraction of sp³-hybridized carbons (Fsp3) is 0.217. The van der Waals surface area contributed by atoms with E-state index in [9.17, 15) is 4.79 Å². The number of amides is 1. The second-order valence-electron chi connectivity index (χ2n) is 7.24. The highest BCUT2D eigenvalue weighted by molar-refractivity contribution is 5.96. The quantitative estimate of drug-likeness (QED) is 0.421. The molecule has 0 bridgehead atoms. The van der Waals surface area contributed by atoms with Gasteiger partial charge in [-0.1, -0.05) is 29.5 Å². The van der Waals surface area contributed by atoms with Crippen LogP contribution >= 0.6 is 0 Å². The number of aromatic nitrogens is 4. The van der Waals surface area contributed by atoms with Crippen LogP contribution in [-0.2, 0) is 13.1 Å². The Morgan fingerprint density at radius 3 is 2.61 bits per heavy atom. The summed E-state index contributed by atoms with van der Waals surface area (Å²) in [4.78, 5) is 17.2. The van der Waals surface area contributed by atoms with Crippen LogP contribution in [0.25, 0.3) is 11.5 Å². The molecule has 0 spiro atoms. The molecule has 0 aliphatic rings. The van der Waals surface area contributed by atoms with Crippen LogP contribution in [0.15, 0.2) is 52.9 Å². The van der Waals surface area contributed by atoms with E-state index in [0.717, 1.165) is 11.1 Å². The Kier molecular flexibility index (Phi) is 6.25. The van der Waals surface area contributed by atoms with Crippen molar-refractivity contribution in [3.8, 4) is 23.0 Å². The van der Waals surface area contributed by atoms with Crippen molar-refractivity contribution in [2.45, 2.75) is 20.0 Å². The largest absolute Gasteiger partial charge is 0.493 e. The number of carbonyl (C=O) groups is 1. The lowest BCUT2D eigenvalue weighted by atomic mass is 10.2. The number of ether oxygens (including phenoxy) is 2. The number of oxazole rings is 1. The van der Waals surface area contributed by atoms with Crippen LogP contribution in [-0.4, -0.2) is 40.1 Å². The number of nitrogens with zero attached hydrogens (tertiary/aromatic N) is 4. The molecule has 2 heterocycles. The third-order valence-corrected chi connectivity index (χ3v) is 5.10. The number of nitrogen functional groups attached to an aromatic ring is 1. The van der Waals surface area contributed by atoms with E-state index in [-0.39, 0.29) is 24.6 Å². The van der Waals surface area contributed by atoms with E-state index in [0.29, 0.717) is 28.8 Å². The van der Waals surface area contributed by atoms with Gasteiger partial charge in [0.2, 0.25) is 5.89 Å². The molecule has 10 nitrogen and oxygen atoms in total. The molecule has 170 valence electrons. The molecule has 3 N–H and O–H groups in total. The van der Waals surface area contributed by atoms with Crippen molar-refractivity contribution in [1.82, 2.24) is 25.3 Å². The van der Waals surface area contributed by atoms with Gasteiger partial charge >= 0.3 is 0 Å². The summed E-state index contributed by atoms with van der Waals surface area (Å²) in [6.07, 6.45) is 0. The van der Waals surface area contributed by atoms with Gasteiger partial charge in [-0.05, 0) is 36.8 Å². The molecule has 0 fully saturated rings. The molecular weight excluding hydrogens is 424 g/mol. The Bertz CT molecular complexity index is 1270. The van der Waals surface area contributed by atoms with Crippen LogP contribution in [0.2, 0.25) is 0 Å². The Hall–Kier alpha value is -4.34. The van der Waals surface area contributed by atoms with Gasteiger partial charge < -0.3 is 24.9 Å². The van der Waals surface area contributed by atoms with E-state index in [1.54, 1.807) is 26.4 Å². The Labute approximate surface area is 190 Å². The lowest BCUT2D eigenvalue weighted by molar-refractivity contribution is 0.0946. The summed E-state index contributed by atoms with van der Waals surface area (Å²) in [5.41, 5.74) is 8.55. The second kappa shape index (κ2) is 9.43. The molecule has 0 aliphatic carbocycles. The van der Waals surface area contributed by atoms with Crippen molar-refractivity contribution < 1.29 is 18.7 Å². The second-order valence-corrected chi connectivity index (χ2v) is 7.24. The van der Waals surface area contributed by atoms with Crippen molar-refractivity contribution in [3.05, 3.63) is 71.2 Å². The standard InChI is InChI=1S/C23H24N6O4/c1-14-17(26-23(33-14)16-7-5-4-6-8-16)13-29-21(24)20(27-28-29)22(30)25-12-15-9-10-18(31-2)19(11-15)32-3/h4-11H,12-13,24H2,1-3H3,(H,25,30). The number of nitrogens with two attached hydrogens (primary N) is 1. The fourth-order valence-corrected chi connectivity index (χ4v) is 3.28. The molecule has 1 amide bonds. The molecule has 0 saturated carbocycles. The van der Waals surface area contributed by atoms with E-state index < -0.39 is 5.91 Å². The first kappa shape index (κ1) is 21.9. The maximum Gasteiger partial charge on any atom is 0.275 e. The molecule has 4 aromatic rings. The Morgan fingerprint density at radius 1 is 1.12 bits per heavy atom. The van der Waals surface area contributed by atoms with Gasteiger partial charge in [0.25, 0.3) is 5.91 Å². The predicted octanol–water partition coefficient (Wildman–Crippen LogP) is 2.82. The average molecular weight is 448 g/mol. The number of carbonyl (C=O) groups excluding carboxylic acids is 1. The van der Waals surface area contributed by atoms with E-state index in [1.165, 1.54) is 4.68 Å². The van der Waals surface area contributed by atoms with Crippen molar-refractivity contribution in [1.29, 1.82) is 0 Å². The topological polar surface area (TPSA) is 130 Å². The first-order valence-electron chi connectivity index (χ1n) is 10.2. The van der Waals surface area contributed by atoms with E-state index in [1.807, 2.05) is 43.3 Å². The van der Waals surface area contributed by atoms with E-state index in [2.05, 4.69) is 20.6 Å². The molecule has 2 aromatic heterocycles. The fourth-order valence-electron chi connectivity index (χ4n) is 3.28. The molecule has 0 radical (unpaired) electrons. The number of hydrogen-bond donors (Lipinski definition) is 2. The van der Waals surface area contributed by atoms with Gasteiger partial charge in [-0.2, -0.15) is 0 Å². The number of rotatable bonds is 8. The summed E-state index contributed by atoms with van der Waals surface area (Å²) in [6.45, 7) is 2.30.